The van der Waals surface area contributed by atoms with E-state index in [9.17, 15) is 0 Å². The first-order valence-corrected chi connectivity index (χ1v) is 17.5. The summed E-state index contributed by atoms with van der Waals surface area (Å²) in [6, 6.07) is 60.3. The second kappa shape index (κ2) is 11.0. The van der Waals surface area contributed by atoms with Crippen LogP contribution < -0.4 is 4.90 Å². The van der Waals surface area contributed by atoms with Gasteiger partial charge in [-0.3, -0.25) is 0 Å². The Morgan fingerprint density at radius 3 is 2.08 bits per heavy atom. The fraction of sp³-hybridized carbons (Fsp3) is 0.0435. The van der Waals surface area contributed by atoms with Gasteiger partial charge in [0.15, 0.2) is 0 Å². The van der Waals surface area contributed by atoms with E-state index in [4.69, 9.17) is 0 Å². The number of nitrogens with zero attached hydrogens (tertiary/aromatic N) is 1. The predicted molar refractivity (Wildman–Crippen MR) is 206 cm³/mol. The Balaban J connectivity index is 1.07. The molecule has 1 aliphatic carbocycles. The normalized spacial score (nSPS) is 14.8. The maximum Gasteiger partial charge on any atom is 0.0465 e. The third kappa shape index (κ3) is 4.41. The molecule has 2 aliphatic rings. The predicted octanol–water partition coefficient (Wildman–Crippen LogP) is 13.1. The molecule has 48 heavy (non-hydrogen) atoms. The van der Waals surface area contributed by atoms with Gasteiger partial charge in [0, 0.05) is 27.9 Å². The first kappa shape index (κ1) is 27.5. The molecule has 8 aromatic rings. The highest BCUT2D eigenvalue weighted by Crippen LogP contribution is 2.54. The lowest BCUT2D eigenvalue weighted by Gasteiger charge is -2.27. The Morgan fingerprint density at radius 2 is 1.21 bits per heavy atom. The molecular formula is C46H31NS. The second-order valence-electron chi connectivity index (χ2n) is 12.9. The van der Waals surface area contributed by atoms with E-state index >= 15 is 0 Å². The third-order valence-electron chi connectivity index (χ3n) is 10.2. The Morgan fingerprint density at radius 1 is 0.521 bits per heavy atom. The van der Waals surface area contributed by atoms with Crippen molar-refractivity contribution in [3.63, 3.8) is 0 Å². The molecular weight excluding hydrogens is 599 g/mol. The largest absolute Gasteiger partial charge is 0.310 e. The molecule has 0 N–H and O–H groups in total. The van der Waals surface area contributed by atoms with Crippen LogP contribution in [0.4, 0.5) is 17.1 Å². The summed E-state index contributed by atoms with van der Waals surface area (Å²) in [5, 5.41) is 7.76. The van der Waals surface area contributed by atoms with Crippen molar-refractivity contribution in [2.75, 3.05) is 4.90 Å². The van der Waals surface area contributed by atoms with Crippen LogP contribution in [0.3, 0.4) is 0 Å². The summed E-state index contributed by atoms with van der Waals surface area (Å²) in [5.41, 5.74) is 10.2. The van der Waals surface area contributed by atoms with Gasteiger partial charge in [-0.2, -0.15) is 0 Å². The van der Waals surface area contributed by atoms with Crippen LogP contribution in [0.1, 0.15) is 22.6 Å². The molecule has 0 fully saturated rings. The minimum absolute atomic E-state index is 0.415. The van der Waals surface area contributed by atoms with E-state index in [1.54, 1.807) is 0 Å². The first-order chi connectivity index (χ1) is 23.8. The van der Waals surface area contributed by atoms with Crippen molar-refractivity contribution in [2.24, 2.45) is 0 Å². The van der Waals surface area contributed by atoms with E-state index in [1.807, 2.05) is 11.8 Å². The molecule has 1 nitrogen and oxygen atoms in total. The highest BCUT2D eigenvalue weighted by atomic mass is 32.2. The number of rotatable bonds is 4. The topological polar surface area (TPSA) is 3.24 Å². The molecule has 10 rings (SSSR count). The lowest BCUT2D eigenvalue weighted by Crippen LogP contribution is -2.11. The minimum atomic E-state index is 0.415. The highest BCUT2D eigenvalue weighted by Gasteiger charge is 2.32. The number of fused-ring (bicyclic) bond motifs is 9. The van der Waals surface area contributed by atoms with Crippen molar-refractivity contribution < 1.29 is 0 Å². The van der Waals surface area contributed by atoms with Gasteiger partial charge >= 0.3 is 0 Å². The van der Waals surface area contributed by atoms with Gasteiger partial charge in [0.1, 0.15) is 0 Å². The highest BCUT2D eigenvalue weighted by molar-refractivity contribution is 8.03. The van der Waals surface area contributed by atoms with E-state index in [2.05, 4.69) is 175 Å². The second-order valence-corrected chi connectivity index (χ2v) is 14.0. The molecule has 1 atom stereocenters. The van der Waals surface area contributed by atoms with E-state index < -0.39 is 0 Å². The third-order valence-corrected chi connectivity index (χ3v) is 11.4. The molecule has 0 bridgehead atoms. The fourth-order valence-electron chi connectivity index (χ4n) is 7.90. The summed E-state index contributed by atoms with van der Waals surface area (Å²) in [4.78, 5) is 5.24. The SMILES string of the molecule is C1=C2Sc3ccc(N(c4ccccc4)c4ccc(-c5cc6ccc7ccccc7c6c6ccccc56)cc4)cc3C2Cc2ccccc21. The number of anilines is 3. The number of para-hydroxylation sites is 1. The smallest absolute Gasteiger partial charge is 0.0465 e. The van der Waals surface area contributed by atoms with Crippen molar-refractivity contribution in [1.29, 1.82) is 0 Å². The van der Waals surface area contributed by atoms with Crippen LogP contribution in [0.25, 0.3) is 49.5 Å². The molecule has 1 aliphatic heterocycles. The standard InChI is InChI=1S/C46H31NS/c1-2-13-35(14-3-1)47(37-24-25-44-43(29-37)42-26-32-11-4-5-12-33(32)28-45(42)48-44)36-22-20-31(21-23-36)41-27-34-19-18-30-10-6-7-15-38(30)46(34)40-17-9-8-16-39(40)41/h1-25,27-29,42H,26H2. The lowest BCUT2D eigenvalue weighted by molar-refractivity contribution is 0.812. The van der Waals surface area contributed by atoms with Crippen molar-refractivity contribution >= 4 is 67.2 Å². The van der Waals surface area contributed by atoms with Crippen molar-refractivity contribution in [1.82, 2.24) is 0 Å². The van der Waals surface area contributed by atoms with Crippen LogP contribution in [-0.4, -0.2) is 0 Å². The summed E-state index contributed by atoms with van der Waals surface area (Å²) >= 11 is 1.94. The number of thioether (sulfide) groups is 1. The zero-order valence-corrected chi connectivity index (χ0v) is 27.1. The van der Waals surface area contributed by atoms with Crippen LogP contribution in [0, 0.1) is 0 Å². The molecule has 8 aromatic carbocycles. The quantitative estimate of drug-likeness (QED) is 0.178. The van der Waals surface area contributed by atoms with Crippen LogP contribution in [0.5, 0.6) is 0 Å². The van der Waals surface area contributed by atoms with Crippen LogP contribution >= 0.6 is 11.8 Å². The van der Waals surface area contributed by atoms with Gasteiger partial charge in [-0.05, 0) is 126 Å². The zero-order chi connectivity index (χ0) is 31.6. The molecule has 0 saturated heterocycles. The Kier molecular flexibility index (Phi) is 6.32. The summed E-state index contributed by atoms with van der Waals surface area (Å²) in [6.07, 6.45) is 3.46. The maximum absolute atomic E-state index is 2.43. The van der Waals surface area contributed by atoms with Crippen LogP contribution in [0.15, 0.2) is 174 Å². The van der Waals surface area contributed by atoms with Gasteiger partial charge in [-0.25, -0.2) is 0 Å². The number of hydrogen-bond acceptors (Lipinski definition) is 2. The van der Waals surface area contributed by atoms with Gasteiger partial charge in [0.25, 0.3) is 0 Å². The monoisotopic (exact) mass is 629 g/mol. The summed E-state index contributed by atoms with van der Waals surface area (Å²) in [5.74, 6) is 0.415. The van der Waals surface area contributed by atoms with Crippen LogP contribution in [0.2, 0.25) is 0 Å². The van der Waals surface area contributed by atoms with Gasteiger partial charge in [0.2, 0.25) is 0 Å². The van der Waals surface area contributed by atoms with Gasteiger partial charge in [-0.15, -0.1) is 0 Å². The van der Waals surface area contributed by atoms with Gasteiger partial charge < -0.3 is 4.90 Å². The van der Waals surface area contributed by atoms with Gasteiger partial charge in [0.05, 0.1) is 0 Å². The summed E-state index contributed by atoms with van der Waals surface area (Å²) < 4.78 is 0. The van der Waals surface area contributed by atoms with E-state index in [-0.39, 0.29) is 0 Å². The van der Waals surface area contributed by atoms with E-state index in [0.29, 0.717) is 5.92 Å². The maximum atomic E-state index is 2.43. The van der Waals surface area contributed by atoms with E-state index in [1.165, 1.54) is 75.6 Å². The Labute approximate surface area is 284 Å². The molecule has 1 heterocycles. The van der Waals surface area contributed by atoms with Crippen molar-refractivity contribution in [2.45, 2.75) is 17.2 Å². The van der Waals surface area contributed by atoms with Crippen molar-refractivity contribution in [3.8, 4) is 11.1 Å². The molecule has 0 aromatic heterocycles. The zero-order valence-electron chi connectivity index (χ0n) is 26.3. The average Bonchev–Trinajstić information content (AvgIpc) is 3.51. The lowest BCUT2D eigenvalue weighted by atomic mass is 9.85. The molecule has 0 amide bonds. The molecule has 0 radical (unpaired) electrons. The Bertz CT molecular complexity index is 2560. The van der Waals surface area contributed by atoms with Crippen LogP contribution in [-0.2, 0) is 6.42 Å². The van der Waals surface area contributed by atoms with E-state index in [0.717, 1.165) is 17.8 Å². The average molecular weight is 630 g/mol. The molecule has 2 heteroatoms. The number of benzene rings is 8. The summed E-state index contributed by atoms with van der Waals surface area (Å²) in [7, 11) is 0. The molecule has 0 spiro atoms. The fourth-order valence-corrected chi connectivity index (χ4v) is 9.15. The number of allylic oxidation sites excluding steroid dienone is 1. The summed E-state index contributed by atoms with van der Waals surface area (Å²) in [6.45, 7) is 0. The minimum Gasteiger partial charge on any atom is -0.310 e. The first-order valence-electron chi connectivity index (χ1n) is 16.7. The van der Waals surface area contributed by atoms with Crippen molar-refractivity contribution in [3.05, 3.63) is 185 Å². The Hall–Kier alpha value is -5.57. The molecule has 1 unspecified atom stereocenters. The van der Waals surface area contributed by atoms with Gasteiger partial charge in [-0.1, -0.05) is 127 Å². The molecule has 0 saturated carbocycles. The number of hydrogen-bond donors (Lipinski definition) is 0. The molecule has 226 valence electrons.